The van der Waals surface area contributed by atoms with Gasteiger partial charge in [0, 0.05) is 73.1 Å². The molecule has 11 heteroatoms. The van der Waals surface area contributed by atoms with Crippen molar-refractivity contribution in [2.45, 2.75) is 76.7 Å². The van der Waals surface area contributed by atoms with Crippen LogP contribution in [-0.4, -0.2) is 57.1 Å². The van der Waals surface area contributed by atoms with Crippen LogP contribution in [0.5, 0.6) is 11.5 Å². The highest BCUT2D eigenvalue weighted by molar-refractivity contribution is 8.00. The first-order valence-corrected chi connectivity index (χ1v) is 20.3. The highest BCUT2D eigenvalue weighted by Crippen LogP contribution is 2.41. The van der Waals surface area contributed by atoms with Crippen molar-refractivity contribution >= 4 is 40.3 Å². The average molecular weight is 732 g/mol. The predicted octanol–water partition coefficient (Wildman–Crippen LogP) is 8.28. The molecule has 0 unspecified atom stereocenters. The fourth-order valence-electron chi connectivity index (χ4n) is 8.05. The number of benzene rings is 2. The monoisotopic (exact) mass is 731 g/mol. The number of nitrogens with one attached hydrogen (secondary N) is 2. The fraction of sp³-hybridized carbons (Fsp3) is 0.429. The van der Waals surface area contributed by atoms with E-state index >= 15 is 0 Å². The van der Waals surface area contributed by atoms with Crippen LogP contribution in [0.1, 0.15) is 80.3 Å². The molecule has 2 aromatic carbocycles. The molecule has 0 bridgehead atoms. The molecule has 3 aliphatic rings. The Hall–Kier alpha value is -4.77. The van der Waals surface area contributed by atoms with Crippen molar-refractivity contribution in [2.24, 2.45) is 13.0 Å². The van der Waals surface area contributed by atoms with Gasteiger partial charge in [-0.05, 0) is 123 Å². The third-order valence-corrected chi connectivity index (χ3v) is 12.4. The van der Waals surface area contributed by atoms with Crippen molar-refractivity contribution < 1.29 is 9.53 Å². The molecule has 0 spiro atoms. The van der Waals surface area contributed by atoms with Crippen LogP contribution in [0.4, 0.5) is 11.5 Å². The van der Waals surface area contributed by atoms with Gasteiger partial charge in [-0.15, -0.1) is 10.2 Å². The highest BCUT2D eigenvalue weighted by Gasteiger charge is 2.23. The number of amides is 1. The lowest BCUT2D eigenvalue weighted by molar-refractivity contribution is 0.0921. The van der Waals surface area contributed by atoms with Crippen molar-refractivity contribution in [3.8, 4) is 22.6 Å². The number of pyridine rings is 1. The van der Waals surface area contributed by atoms with Gasteiger partial charge in [0.05, 0.1) is 0 Å². The number of aryl methyl sites for hydroxylation is 2. The van der Waals surface area contributed by atoms with Gasteiger partial charge >= 0.3 is 0 Å². The van der Waals surface area contributed by atoms with Crippen LogP contribution in [0.25, 0.3) is 22.0 Å². The summed E-state index contributed by atoms with van der Waals surface area (Å²) in [5, 5.41) is 12.7. The van der Waals surface area contributed by atoms with E-state index in [1.807, 2.05) is 42.5 Å². The van der Waals surface area contributed by atoms with Crippen LogP contribution in [-0.2, 0) is 13.5 Å². The second kappa shape index (κ2) is 16.1. The number of aromatic amines is 1. The van der Waals surface area contributed by atoms with Crippen molar-refractivity contribution in [1.82, 2.24) is 25.1 Å². The molecule has 1 saturated carbocycles. The molecule has 3 fully saturated rings. The molecule has 8 rings (SSSR count). The number of ether oxygens (including phenoxy) is 1. The molecule has 10 nitrogen and oxygen atoms in total. The Balaban J connectivity index is 0.881. The Morgan fingerprint density at radius 1 is 0.906 bits per heavy atom. The zero-order valence-corrected chi connectivity index (χ0v) is 31.4. The lowest BCUT2D eigenvalue weighted by atomic mass is 9.90. The van der Waals surface area contributed by atoms with E-state index in [1.165, 1.54) is 37.7 Å². The molecule has 5 aromatic rings. The van der Waals surface area contributed by atoms with Gasteiger partial charge in [0.2, 0.25) is 0 Å². The average Bonchev–Trinajstić information content (AvgIpc) is 3.71. The Kier molecular flexibility index (Phi) is 10.7. The van der Waals surface area contributed by atoms with E-state index in [9.17, 15) is 9.59 Å². The van der Waals surface area contributed by atoms with Crippen molar-refractivity contribution in [2.75, 3.05) is 34.6 Å². The quantitative estimate of drug-likeness (QED) is 0.138. The van der Waals surface area contributed by atoms with Gasteiger partial charge in [0.15, 0.2) is 11.5 Å². The second-order valence-corrected chi connectivity index (χ2v) is 16.0. The summed E-state index contributed by atoms with van der Waals surface area (Å²) < 4.78 is 10.6. The molecule has 1 aliphatic carbocycles. The van der Waals surface area contributed by atoms with E-state index < -0.39 is 0 Å². The maximum absolute atomic E-state index is 12.9. The van der Waals surface area contributed by atoms with Crippen molar-refractivity contribution in [3.05, 3.63) is 94.7 Å². The lowest BCUT2D eigenvalue weighted by Gasteiger charge is -2.32. The van der Waals surface area contributed by atoms with Crippen LogP contribution in [0.15, 0.2) is 77.9 Å². The topological polar surface area (TPSA) is 108 Å². The molecule has 53 heavy (non-hydrogen) atoms. The van der Waals surface area contributed by atoms with Crippen LogP contribution < -0.4 is 24.8 Å². The molecule has 5 heterocycles. The van der Waals surface area contributed by atoms with E-state index in [0.717, 1.165) is 103 Å². The van der Waals surface area contributed by atoms with Gasteiger partial charge in [-0.3, -0.25) is 9.59 Å². The van der Waals surface area contributed by atoms with Crippen LogP contribution in [0, 0.1) is 5.92 Å². The number of carbonyl (C=O) groups is 1. The van der Waals surface area contributed by atoms with Gasteiger partial charge in [-0.1, -0.05) is 31.4 Å². The molecule has 2 saturated heterocycles. The molecular weight excluding hydrogens is 683 g/mol. The normalized spacial score (nSPS) is 17.3. The van der Waals surface area contributed by atoms with Crippen LogP contribution >= 0.6 is 11.9 Å². The summed E-state index contributed by atoms with van der Waals surface area (Å²) in [7, 11) is 1.80. The smallest absolute Gasteiger partial charge is 0.274 e. The number of piperidine rings is 1. The lowest BCUT2D eigenvalue weighted by Crippen LogP contribution is -2.37. The number of aromatic nitrogens is 4. The number of nitrogens with zero attached hydrogens (tertiary/aromatic N) is 5. The SMILES string of the molecule is Cn1cc(-c2cc(N3CCCCS3)ccc2Oc2ccc(CCC3CCN(c4ccc(C(=O)NC5CCCCC5)nn4)CC3)cc2)c2cc[nH]c2c1=O. The third kappa shape index (κ3) is 8.10. The summed E-state index contributed by atoms with van der Waals surface area (Å²) in [6.45, 7) is 2.91. The van der Waals surface area contributed by atoms with Gasteiger partial charge in [0.1, 0.15) is 17.0 Å². The predicted molar refractivity (Wildman–Crippen MR) is 214 cm³/mol. The van der Waals surface area contributed by atoms with E-state index in [2.05, 4.69) is 72.2 Å². The van der Waals surface area contributed by atoms with Crippen molar-refractivity contribution in [1.29, 1.82) is 0 Å². The standard InChI is InChI=1S/C42H49N7O3S/c1-47-28-36(34-19-22-43-40(34)42(47)51)35-27-32(49-23-5-6-26-53-49)13-17-38(35)52-33-14-11-29(12-15-33)9-10-30-20-24-48(25-21-30)39-18-16-37(45-46-39)41(50)44-31-7-3-2-4-8-31/h11-19,22,27-28,30-31,43H,2-10,20-21,23-26H2,1H3,(H,44,50). The van der Waals surface area contributed by atoms with Gasteiger partial charge < -0.3 is 28.8 Å². The molecule has 0 atom stereocenters. The minimum atomic E-state index is -0.111. The second-order valence-electron chi connectivity index (χ2n) is 14.8. The molecule has 2 N–H and O–H groups in total. The first kappa shape index (κ1) is 35.3. The summed E-state index contributed by atoms with van der Waals surface area (Å²) in [6.07, 6.45) is 16.3. The van der Waals surface area contributed by atoms with E-state index in [4.69, 9.17) is 4.74 Å². The number of fused-ring (bicyclic) bond motifs is 1. The van der Waals surface area contributed by atoms with E-state index in [-0.39, 0.29) is 17.5 Å². The first-order valence-electron chi connectivity index (χ1n) is 19.4. The third-order valence-electron chi connectivity index (χ3n) is 11.2. The van der Waals surface area contributed by atoms with Gasteiger partial charge in [-0.2, -0.15) is 0 Å². The molecular formula is C42H49N7O3S. The number of carbonyl (C=O) groups excluding carboxylic acids is 1. The summed E-state index contributed by atoms with van der Waals surface area (Å²) in [5.74, 6) is 4.07. The fourth-order valence-corrected chi connectivity index (χ4v) is 9.12. The number of H-pyrrole nitrogens is 1. The van der Waals surface area contributed by atoms with Crippen molar-refractivity contribution in [3.63, 3.8) is 0 Å². The van der Waals surface area contributed by atoms with Crippen LogP contribution in [0.3, 0.4) is 0 Å². The minimum Gasteiger partial charge on any atom is -0.457 e. The molecule has 0 radical (unpaired) electrons. The largest absolute Gasteiger partial charge is 0.457 e. The highest BCUT2D eigenvalue weighted by atomic mass is 32.2. The van der Waals surface area contributed by atoms with E-state index in [0.29, 0.717) is 17.1 Å². The maximum atomic E-state index is 12.9. The maximum Gasteiger partial charge on any atom is 0.274 e. The number of anilines is 2. The Labute approximate surface area is 315 Å². The summed E-state index contributed by atoms with van der Waals surface area (Å²) in [5.41, 5.74) is 5.34. The zero-order chi connectivity index (χ0) is 36.1. The molecule has 3 aromatic heterocycles. The molecule has 2 aliphatic heterocycles. The van der Waals surface area contributed by atoms with E-state index in [1.54, 1.807) is 11.6 Å². The number of hydrogen-bond donors (Lipinski definition) is 2. The van der Waals surface area contributed by atoms with Gasteiger partial charge in [-0.25, -0.2) is 0 Å². The minimum absolute atomic E-state index is 0.0455. The molecule has 276 valence electrons. The Morgan fingerprint density at radius 2 is 1.74 bits per heavy atom. The Morgan fingerprint density at radius 3 is 2.49 bits per heavy atom. The summed E-state index contributed by atoms with van der Waals surface area (Å²) >= 11 is 1.87. The Bertz CT molecular complexity index is 2080. The van der Waals surface area contributed by atoms with Gasteiger partial charge in [0.25, 0.3) is 11.5 Å². The number of rotatable bonds is 10. The summed E-state index contributed by atoms with van der Waals surface area (Å²) in [6, 6.07) is 20.9. The first-order chi connectivity index (χ1) is 26.0. The van der Waals surface area contributed by atoms with Crippen LogP contribution in [0.2, 0.25) is 0 Å². The zero-order valence-electron chi connectivity index (χ0n) is 30.6. The number of hydrogen-bond acceptors (Lipinski definition) is 8. The summed E-state index contributed by atoms with van der Waals surface area (Å²) in [4.78, 5) is 31.0. The molecule has 1 amide bonds.